The number of halogens is 2. The maximum absolute atomic E-state index is 11.7. The van der Waals surface area contributed by atoms with E-state index in [1.165, 1.54) is 7.11 Å². The Labute approximate surface area is 189 Å². The smallest absolute Gasteiger partial charge is 0.322 e. The van der Waals surface area contributed by atoms with E-state index in [9.17, 15) is 14.4 Å². The molecule has 1 aliphatic rings. The van der Waals surface area contributed by atoms with E-state index in [1.807, 2.05) is 12.1 Å². The second-order valence-electron chi connectivity index (χ2n) is 6.42. The first kappa shape index (κ1) is 24.0. The maximum atomic E-state index is 11.7. The van der Waals surface area contributed by atoms with Gasteiger partial charge in [0.15, 0.2) is 0 Å². The molecular weight excluding hydrogens is 451 g/mol. The van der Waals surface area contributed by atoms with Crippen molar-refractivity contribution < 1.29 is 23.9 Å². The zero-order valence-electron chi connectivity index (χ0n) is 15.9. The Morgan fingerprint density at radius 1 is 1.20 bits per heavy atom. The Hall–Kier alpha value is -2.26. The van der Waals surface area contributed by atoms with Crippen molar-refractivity contribution in [1.82, 2.24) is 5.32 Å². The fourth-order valence-corrected chi connectivity index (χ4v) is 3.90. The van der Waals surface area contributed by atoms with Crippen molar-refractivity contribution in [3.05, 3.63) is 58.6 Å². The van der Waals surface area contributed by atoms with Gasteiger partial charge in [-0.3, -0.25) is 19.7 Å². The van der Waals surface area contributed by atoms with E-state index >= 15 is 0 Å². The van der Waals surface area contributed by atoms with Crippen molar-refractivity contribution in [3.63, 3.8) is 0 Å². The minimum absolute atomic E-state index is 0. The first-order chi connectivity index (χ1) is 13.9. The molecule has 0 saturated carbocycles. The largest absolute Gasteiger partial charge is 0.468 e. The predicted molar refractivity (Wildman–Crippen MR) is 118 cm³/mol. The molecule has 1 aliphatic heterocycles. The van der Waals surface area contributed by atoms with Crippen LogP contribution in [-0.4, -0.2) is 35.5 Å². The molecule has 10 heteroatoms. The number of carbonyl (C=O) groups excluding carboxylic acids is 3. The van der Waals surface area contributed by atoms with Gasteiger partial charge in [-0.2, -0.15) is 0 Å². The molecule has 0 bridgehead atoms. The average Bonchev–Trinajstić information content (AvgIpc) is 3.01. The molecule has 2 aromatic carbocycles. The number of hydrogen-bond acceptors (Lipinski definition) is 7. The van der Waals surface area contributed by atoms with E-state index in [0.29, 0.717) is 29.4 Å². The number of hydrogen-bond donors (Lipinski definition) is 2. The molecular formula is C20H20Cl2N2O5S. The number of nitrogens with one attached hydrogen (secondary N) is 1. The Morgan fingerprint density at radius 2 is 1.87 bits per heavy atom. The molecule has 3 N–H and O–H groups in total. The lowest BCUT2D eigenvalue weighted by Crippen LogP contribution is -2.33. The molecule has 3 rings (SSSR count). The summed E-state index contributed by atoms with van der Waals surface area (Å²) in [6.45, 7) is 0. The standard InChI is InChI=1S/C20H19ClN2O5S.ClH/c1-27-19(25)16(22)8-11-2-5-13(6-3-11)28-14-7-4-12(15(21)10-14)9-17-18(24)23-20(26)29-17;/h2-7,10,16-17H,8-9,22H2,1H3,(H,23,24,26);1H/t16-,17?;/m0./s1. The van der Waals surface area contributed by atoms with Gasteiger partial charge in [0, 0.05) is 5.02 Å². The van der Waals surface area contributed by atoms with Crippen molar-refractivity contribution in [2.45, 2.75) is 24.1 Å². The van der Waals surface area contributed by atoms with Crippen LogP contribution in [-0.2, 0) is 27.2 Å². The molecule has 2 amide bonds. The normalized spacial score (nSPS) is 16.4. The van der Waals surface area contributed by atoms with Gasteiger partial charge in [-0.25, -0.2) is 0 Å². The quantitative estimate of drug-likeness (QED) is 0.596. The van der Waals surface area contributed by atoms with Crippen LogP contribution in [0.1, 0.15) is 11.1 Å². The van der Waals surface area contributed by atoms with Crippen molar-refractivity contribution in [2.75, 3.05) is 7.11 Å². The fraction of sp³-hybridized carbons (Fsp3) is 0.250. The van der Waals surface area contributed by atoms with Gasteiger partial charge in [0.2, 0.25) is 5.91 Å². The summed E-state index contributed by atoms with van der Waals surface area (Å²) >= 11 is 7.29. The van der Waals surface area contributed by atoms with Crippen LogP contribution in [0.5, 0.6) is 11.5 Å². The molecule has 1 fully saturated rings. The summed E-state index contributed by atoms with van der Waals surface area (Å²) in [7, 11) is 1.30. The summed E-state index contributed by atoms with van der Waals surface area (Å²) in [6, 6.07) is 11.7. The minimum atomic E-state index is -0.714. The summed E-state index contributed by atoms with van der Waals surface area (Å²) in [6.07, 6.45) is 0.721. The Balaban J connectivity index is 0.00000320. The monoisotopic (exact) mass is 470 g/mol. The van der Waals surface area contributed by atoms with E-state index in [1.54, 1.807) is 30.3 Å². The summed E-state index contributed by atoms with van der Waals surface area (Å²) in [5.41, 5.74) is 7.40. The topological polar surface area (TPSA) is 108 Å². The molecule has 0 aromatic heterocycles. The van der Waals surface area contributed by atoms with Crippen LogP contribution in [0.3, 0.4) is 0 Å². The molecule has 0 spiro atoms. The fourth-order valence-electron chi connectivity index (χ4n) is 2.80. The SMILES string of the molecule is COC(=O)[C@@H](N)Cc1ccc(Oc2ccc(CC3SC(=O)NC3=O)c(Cl)c2)cc1.Cl. The number of ether oxygens (including phenoxy) is 2. The lowest BCUT2D eigenvalue weighted by Gasteiger charge is -2.12. The number of nitrogens with two attached hydrogens (primary N) is 1. The van der Waals surface area contributed by atoms with Crippen LogP contribution in [0.25, 0.3) is 0 Å². The lowest BCUT2D eigenvalue weighted by atomic mass is 10.1. The van der Waals surface area contributed by atoms with Crippen LogP contribution in [0.2, 0.25) is 5.02 Å². The van der Waals surface area contributed by atoms with Crippen molar-refractivity contribution >= 4 is 52.9 Å². The van der Waals surface area contributed by atoms with E-state index in [0.717, 1.165) is 22.9 Å². The molecule has 7 nitrogen and oxygen atoms in total. The Bertz CT molecular complexity index is 939. The summed E-state index contributed by atoms with van der Waals surface area (Å²) in [5, 5.41) is 1.90. The zero-order valence-corrected chi connectivity index (χ0v) is 18.3. The number of methoxy groups -OCH3 is 1. The highest BCUT2D eigenvalue weighted by atomic mass is 35.5. The van der Waals surface area contributed by atoms with Crippen molar-refractivity contribution in [2.24, 2.45) is 5.73 Å². The Morgan fingerprint density at radius 3 is 2.43 bits per heavy atom. The Kier molecular flexibility index (Phi) is 8.54. The first-order valence-corrected chi connectivity index (χ1v) is 10.0. The van der Waals surface area contributed by atoms with E-state index in [4.69, 9.17) is 22.1 Å². The van der Waals surface area contributed by atoms with Gasteiger partial charge in [0.1, 0.15) is 17.5 Å². The highest BCUT2D eigenvalue weighted by Crippen LogP contribution is 2.30. The van der Waals surface area contributed by atoms with Crippen molar-refractivity contribution in [3.8, 4) is 11.5 Å². The molecule has 1 unspecified atom stereocenters. The van der Waals surface area contributed by atoms with Crippen LogP contribution in [0.4, 0.5) is 4.79 Å². The van der Waals surface area contributed by atoms with Crippen LogP contribution in [0.15, 0.2) is 42.5 Å². The third-order valence-corrected chi connectivity index (χ3v) is 5.65. The van der Waals surface area contributed by atoms with Gasteiger partial charge >= 0.3 is 5.97 Å². The number of carbonyl (C=O) groups is 3. The van der Waals surface area contributed by atoms with Crippen LogP contribution < -0.4 is 15.8 Å². The van der Waals surface area contributed by atoms with Gasteiger partial charge in [0.25, 0.3) is 5.24 Å². The highest BCUT2D eigenvalue weighted by molar-refractivity contribution is 8.15. The summed E-state index contributed by atoms with van der Waals surface area (Å²) in [5.74, 6) is 0.374. The maximum Gasteiger partial charge on any atom is 0.322 e. The van der Waals surface area contributed by atoms with Gasteiger partial charge < -0.3 is 15.2 Å². The zero-order chi connectivity index (χ0) is 21.0. The van der Waals surface area contributed by atoms with Gasteiger partial charge in [0.05, 0.1) is 12.4 Å². The number of rotatable bonds is 7. The van der Waals surface area contributed by atoms with Crippen molar-refractivity contribution in [1.29, 1.82) is 0 Å². The summed E-state index contributed by atoms with van der Waals surface area (Å²) in [4.78, 5) is 34.4. The van der Waals surface area contributed by atoms with E-state index in [2.05, 4.69) is 10.1 Å². The van der Waals surface area contributed by atoms with E-state index < -0.39 is 17.3 Å². The van der Waals surface area contributed by atoms with E-state index in [-0.39, 0.29) is 23.6 Å². The average molecular weight is 471 g/mol. The van der Waals surface area contributed by atoms with Gasteiger partial charge in [-0.1, -0.05) is 41.6 Å². The highest BCUT2D eigenvalue weighted by Gasteiger charge is 2.32. The first-order valence-electron chi connectivity index (χ1n) is 8.76. The number of esters is 1. The molecule has 30 heavy (non-hydrogen) atoms. The summed E-state index contributed by atoms with van der Waals surface area (Å²) < 4.78 is 10.4. The second kappa shape index (κ2) is 10.7. The molecule has 160 valence electrons. The molecule has 2 atom stereocenters. The number of thioether (sulfide) groups is 1. The van der Waals surface area contributed by atoms with Gasteiger partial charge in [-0.05, 0) is 48.2 Å². The molecule has 0 radical (unpaired) electrons. The van der Waals surface area contributed by atoms with Crippen LogP contribution in [0, 0.1) is 0 Å². The third-order valence-electron chi connectivity index (χ3n) is 4.32. The molecule has 1 heterocycles. The minimum Gasteiger partial charge on any atom is -0.468 e. The lowest BCUT2D eigenvalue weighted by molar-refractivity contribution is -0.142. The molecule has 0 aliphatic carbocycles. The van der Waals surface area contributed by atoms with Crippen LogP contribution >= 0.6 is 35.8 Å². The number of amides is 2. The number of benzene rings is 2. The van der Waals surface area contributed by atoms with Gasteiger partial charge in [-0.15, -0.1) is 12.4 Å². The third kappa shape index (κ3) is 6.12. The number of imide groups is 1. The molecule has 2 aromatic rings. The molecule has 1 saturated heterocycles. The predicted octanol–water partition coefficient (Wildman–Crippen LogP) is 3.49. The second-order valence-corrected chi connectivity index (χ2v) is 8.00.